The molecule has 1 saturated heterocycles. The topological polar surface area (TPSA) is 15.7 Å². The summed E-state index contributed by atoms with van der Waals surface area (Å²) in [5.74, 6) is 0.938. The van der Waals surface area contributed by atoms with Gasteiger partial charge in [0.1, 0.15) is 5.75 Å². The van der Waals surface area contributed by atoms with Crippen LogP contribution in [-0.2, 0) is 0 Å². The van der Waals surface area contributed by atoms with Gasteiger partial charge in [-0.15, -0.1) is 0 Å². The number of nitrogens with zero attached hydrogens (tertiary/aromatic N) is 2. The number of benzene rings is 3. The molecule has 3 aromatic carbocycles. The number of ether oxygens (including phenoxy) is 1. The quantitative estimate of drug-likeness (QED) is 0.589. The number of anilines is 1. The average Bonchev–Trinajstić information content (AvgIpc) is 2.76. The van der Waals surface area contributed by atoms with Crippen molar-refractivity contribution >= 4 is 17.3 Å². The van der Waals surface area contributed by atoms with Crippen molar-refractivity contribution in [3.05, 3.63) is 95.0 Å². The van der Waals surface area contributed by atoms with Crippen LogP contribution < -0.4 is 9.64 Å². The Morgan fingerprint density at radius 1 is 0.750 bits per heavy atom. The molecule has 0 saturated carbocycles. The first-order valence-electron chi connectivity index (χ1n) is 9.68. The number of rotatable bonds is 5. The Morgan fingerprint density at radius 3 is 2.04 bits per heavy atom. The Labute approximate surface area is 172 Å². The summed E-state index contributed by atoms with van der Waals surface area (Å²) in [6, 6.07) is 27.5. The second-order valence-electron chi connectivity index (χ2n) is 7.06. The number of halogens is 1. The molecule has 1 unspecified atom stereocenters. The third-order valence-electron chi connectivity index (χ3n) is 5.41. The van der Waals surface area contributed by atoms with Crippen LogP contribution in [0.5, 0.6) is 5.75 Å². The van der Waals surface area contributed by atoms with E-state index in [1.54, 1.807) is 7.11 Å². The molecular formula is C24H25ClN2O. The van der Waals surface area contributed by atoms with Crippen LogP contribution in [0.4, 0.5) is 5.69 Å². The highest BCUT2D eigenvalue weighted by Crippen LogP contribution is 2.33. The molecule has 0 N–H and O–H groups in total. The summed E-state index contributed by atoms with van der Waals surface area (Å²) in [6.45, 7) is 3.91. The minimum atomic E-state index is 0.235. The monoisotopic (exact) mass is 392 g/mol. The van der Waals surface area contributed by atoms with Crippen molar-refractivity contribution in [3.8, 4) is 5.75 Å². The van der Waals surface area contributed by atoms with Gasteiger partial charge in [-0.3, -0.25) is 4.90 Å². The van der Waals surface area contributed by atoms with E-state index in [0.717, 1.165) is 37.0 Å². The van der Waals surface area contributed by atoms with E-state index in [4.69, 9.17) is 16.3 Å². The van der Waals surface area contributed by atoms with Gasteiger partial charge in [-0.1, -0.05) is 66.2 Å². The SMILES string of the molecule is COc1ccccc1N1CCN(C(c2ccccc2)c2ccc(Cl)cc2)CC1. The normalized spacial score (nSPS) is 16.0. The van der Waals surface area contributed by atoms with E-state index in [1.165, 1.54) is 16.8 Å². The van der Waals surface area contributed by atoms with Gasteiger partial charge >= 0.3 is 0 Å². The Hall–Kier alpha value is -2.49. The highest BCUT2D eigenvalue weighted by atomic mass is 35.5. The smallest absolute Gasteiger partial charge is 0.142 e. The van der Waals surface area contributed by atoms with E-state index in [9.17, 15) is 0 Å². The van der Waals surface area contributed by atoms with Crippen LogP contribution in [0, 0.1) is 0 Å². The molecule has 1 heterocycles. The summed E-state index contributed by atoms with van der Waals surface area (Å²) in [5.41, 5.74) is 3.77. The summed E-state index contributed by atoms with van der Waals surface area (Å²) in [7, 11) is 1.74. The number of para-hydroxylation sites is 2. The molecule has 1 aliphatic heterocycles. The maximum atomic E-state index is 6.13. The lowest BCUT2D eigenvalue weighted by atomic mass is 9.96. The third kappa shape index (κ3) is 4.01. The number of piperazine rings is 1. The van der Waals surface area contributed by atoms with Gasteiger partial charge in [-0.25, -0.2) is 0 Å². The predicted octanol–water partition coefficient (Wildman–Crippen LogP) is 5.26. The van der Waals surface area contributed by atoms with Gasteiger partial charge in [0.05, 0.1) is 18.8 Å². The molecule has 4 rings (SSSR count). The molecule has 0 aromatic heterocycles. The van der Waals surface area contributed by atoms with Crippen molar-refractivity contribution in [1.82, 2.24) is 4.90 Å². The van der Waals surface area contributed by atoms with E-state index in [0.29, 0.717) is 0 Å². The van der Waals surface area contributed by atoms with E-state index in [1.807, 2.05) is 24.3 Å². The van der Waals surface area contributed by atoms with Crippen LogP contribution in [0.15, 0.2) is 78.9 Å². The largest absolute Gasteiger partial charge is 0.495 e. The lowest BCUT2D eigenvalue weighted by Gasteiger charge is -2.41. The van der Waals surface area contributed by atoms with Crippen molar-refractivity contribution < 1.29 is 4.74 Å². The van der Waals surface area contributed by atoms with Crippen LogP contribution in [0.2, 0.25) is 5.02 Å². The Morgan fingerprint density at radius 2 is 1.36 bits per heavy atom. The van der Waals surface area contributed by atoms with Crippen molar-refractivity contribution in [2.45, 2.75) is 6.04 Å². The van der Waals surface area contributed by atoms with Crippen LogP contribution in [0.3, 0.4) is 0 Å². The fourth-order valence-corrected chi connectivity index (χ4v) is 4.13. The van der Waals surface area contributed by atoms with Gasteiger partial charge < -0.3 is 9.64 Å². The molecule has 0 radical (unpaired) electrons. The van der Waals surface area contributed by atoms with Crippen LogP contribution in [0.1, 0.15) is 17.2 Å². The molecule has 1 atom stereocenters. The predicted molar refractivity (Wildman–Crippen MR) is 117 cm³/mol. The van der Waals surface area contributed by atoms with Crippen molar-refractivity contribution in [3.63, 3.8) is 0 Å². The summed E-state index contributed by atoms with van der Waals surface area (Å²) >= 11 is 6.13. The number of hydrogen-bond acceptors (Lipinski definition) is 3. The van der Waals surface area contributed by atoms with Gasteiger partial charge in [0.25, 0.3) is 0 Å². The first-order chi connectivity index (χ1) is 13.8. The summed E-state index contributed by atoms with van der Waals surface area (Å²) in [6.07, 6.45) is 0. The summed E-state index contributed by atoms with van der Waals surface area (Å²) in [5, 5.41) is 0.775. The highest BCUT2D eigenvalue weighted by molar-refractivity contribution is 6.30. The van der Waals surface area contributed by atoms with Gasteiger partial charge in [-0.05, 0) is 35.4 Å². The minimum absolute atomic E-state index is 0.235. The van der Waals surface area contributed by atoms with E-state index in [-0.39, 0.29) is 6.04 Å². The Balaban J connectivity index is 1.57. The van der Waals surface area contributed by atoms with Gasteiger partial charge in [0.15, 0.2) is 0 Å². The van der Waals surface area contributed by atoms with Crippen LogP contribution in [-0.4, -0.2) is 38.2 Å². The van der Waals surface area contributed by atoms with Crippen LogP contribution >= 0.6 is 11.6 Å². The third-order valence-corrected chi connectivity index (χ3v) is 5.66. The zero-order valence-corrected chi connectivity index (χ0v) is 16.8. The lowest BCUT2D eigenvalue weighted by molar-refractivity contribution is 0.212. The van der Waals surface area contributed by atoms with E-state index < -0.39 is 0 Å². The molecule has 0 amide bonds. The van der Waals surface area contributed by atoms with Gasteiger partial charge in [-0.2, -0.15) is 0 Å². The molecule has 28 heavy (non-hydrogen) atoms. The highest BCUT2D eigenvalue weighted by Gasteiger charge is 2.27. The minimum Gasteiger partial charge on any atom is -0.495 e. The molecule has 3 nitrogen and oxygen atoms in total. The second-order valence-corrected chi connectivity index (χ2v) is 7.50. The molecule has 0 spiro atoms. The zero-order valence-electron chi connectivity index (χ0n) is 16.1. The standard InChI is InChI=1S/C24H25ClN2O/c1-28-23-10-6-5-9-22(23)26-15-17-27(18-16-26)24(19-7-3-2-4-8-19)20-11-13-21(25)14-12-20/h2-14,24H,15-18H2,1H3. The van der Waals surface area contributed by atoms with E-state index >= 15 is 0 Å². The molecule has 3 aromatic rings. The van der Waals surface area contributed by atoms with E-state index in [2.05, 4.69) is 64.4 Å². The van der Waals surface area contributed by atoms with Crippen LogP contribution in [0.25, 0.3) is 0 Å². The fourth-order valence-electron chi connectivity index (χ4n) is 4.01. The number of methoxy groups -OCH3 is 1. The Bertz CT molecular complexity index is 890. The first-order valence-corrected chi connectivity index (χ1v) is 10.1. The summed E-state index contributed by atoms with van der Waals surface area (Å²) in [4.78, 5) is 4.98. The van der Waals surface area contributed by atoms with Gasteiger partial charge in [0.2, 0.25) is 0 Å². The Kier molecular flexibility index (Phi) is 5.84. The molecular weight excluding hydrogens is 368 g/mol. The fraction of sp³-hybridized carbons (Fsp3) is 0.250. The molecule has 144 valence electrons. The first kappa shape index (κ1) is 18.9. The molecule has 1 aliphatic rings. The van der Waals surface area contributed by atoms with Crippen molar-refractivity contribution in [1.29, 1.82) is 0 Å². The zero-order chi connectivity index (χ0) is 19.3. The van der Waals surface area contributed by atoms with Crippen molar-refractivity contribution in [2.75, 3.05) is 38.2 Å². The molecule has 0 aliphatic carbocycles. The molecule has 0 bridgehead atoms. The molecule has 1 fully saturated rings. The van der Waals surface area contributed by atoms with Crippen molar-refractivity contribution in [2.24, 2.45) is 0 Å². The summed E-state index contributed by atoms with van der Waals surface area (Å²) < 4.78 is 5.55. The molecule has 4 heteroatoms. The maximum Gasteiger partial charge on any atom is 0.142 e. The second kappa shape index (κ2) is 8.68. The average molecular weight is 393 g/mol. The van der Waals surface area contributed by atoms with Gasteiger partial charge in [0, 0.05) is 31.2 Å². The number of hydrogen-bond donors (Lipinski definition) is 0. The maximum absolute atomic E-state index is 6.13. The lowest BCUT2D eigenvalue weighted by Crippen LogP contribution is -2.48.